The molecule has 21 heavy (non-hydrogen) atoms. The van der Waals surface area contributed by atoms with Crippen LogP contribution in [-0.2, 0) is 20.7 Å². The van der Waals surface area contributed by atoms with Gasteiger partial charge in [0, 0.05) is 22.5 Å². The van der Waals surface area contributed by atoms with Crippen LogP contribution in [0, 0.1) is 0 Å². The molecular weight excluding hydrogens is 362 g/mol. The summed E-state index contributed by atoms with van der Waals surface area (Å²) in [6.45, 7) is 0.537. The summed E-state index contributed by atoms with van der Waals surface area (Å²) in [4.78, 5) is 23.3. The van der Waals surface area contributed by atoms with Crippen molar-refractivity contribution in [1.29, 1.82) is 0 Å². The summed E-state index contributed by atoms with van der Waals surface area (Å²) in [5, 5.41) is 12.3. The summed E-state index contributed by atoms with van der Waals surface area (Å²) in [6, 6.07) is 4.12. The standard InChI is InChI=1S/C14H15BrClNO4/c15-10-4-3-9(16)6-8(10)7-11(14(19)20)17-13(18)12-2-1-5-21-12/h3-4,6,11-12H,1-2,5,7H2,(H,17,18)(H,19,20)/t11-,12+/m1/s1. The van der Waals surface area contributed by atoms with Crippen molar-refractivity contribution in [2.75, 3.05) is 6.61 Å². The Balaban J connectivity index is 2.06. The molecule has 114 valence electrons. The lowest BCUT2D eigenvalue weighted by molar-refractivity contribution is -0.143. The highest BCUT2D eigenvalue weighted by Gasteiger charge is 2.28. The van der Waals surface area contributed by atoms with Gasteiger partial charge in [-0.2, -0.15) is 0 Å². The van der Waals surface area contributed by atoms with Crippen molar-refractivity contribution in [1.82, 2.24) is 5.32 Å². The van der Waals surface area contributed by atoms with E-state index in [1.165, 1.54) is 0 Å². The van der Waals surface area contributed by atoms with E-state index >= 15 is 0 Å². The van der Waals surface area contributed by atoms with Crippen molar-refractivity contribution < 1.29 is 19.4 Å². The van der Waals surface area contributed by atoms with Crippen LogP contribution in [0.25, 0.3) is 0 Å². The van der Waals surface area contributed by atoms with Gasteiger partial charge in [-0.1, -0.05) is 27.5 Å². The summed E-state index contributed by atoms with van der Waals surface area (Å²) < 4.78 is 6.01. The topological polar surface area (TPSA) is 75.6 Å². The zero-order valence-electron chi connectivity index (χ0n) is 11.1. The zero-order valence-corrected chi connectivity index (χ0v) is 13.5. The average Bonchev–Trinajstić information content (AvgIpc) is 2.96. The molecule has 2 atom stereocenters. The Morgan fingerprint density at radius 1 is 1.52 bits per heavy atom. The van der Waals surface area contributed by atoms with E-state index in [1.807, 2.05) is 0 Å². The number of hydrogen-bond donors (Lipinski definition) is 2. The minimum absolute atomic E-state index is 0.148. The Hall–Kier alpha value is -1.11. The van der Waals surface area contributed by atoms with Crippen molar-refractivity contribution in [2.45, 2.75) is 31.4 Å². The molecule has 0 saturated carbocycles. The maximum Gasteiger partial charge on any atom is 0.326 e. The minimum atomic E-state index is -1.09. The number of aliphatic carboxylic acids is 1. The highest BCUT2D eigenvalue weighted by atomic mass is 79.9. The number of rotatable bonds is 5. The van der Waals surface area contributed by atoms with Crippen LogP contribution >= 0.6 is 27.5 Å². The first-order valence-electron chi connectivity index (χ1n) is 6.56. The van der Waals surface area contributed by atoms with Crippen LogP contribution in [0.4, 0.5) is 0 Å². The molecule has 1 aliphatic heterocycles. The first kappa shape index (κ1) is 16.3. The third kappa shape index (κ3) is 4.43. The van der Waals surface area contributed by atoms with E-state index in [4.69, 9.17) is 16.3 Å². The molecule has 1 aromatic rings. The molecule has 0 aliphatic carbocycles. The molecule has 1 saturated heterocycles. The molecule has 1 fully saturated rings. The Morgan fingerprint density at radius 2 is 2.29 bits per heavy atom. The number of carboxylic acids is 1. The van der Waals surface area contributed by atoms with Crippen LogP contribution in [0.15, 0.2) is 22.7 Å². The second kappa shape index (κ2) is 7.24. The third-order valence-corrected chi connectivity index (χ3v) is 4.28. The van der Waals surface area contributed by atoms with E-state index in [1.54, 1.807) is 18.2 Å². The van der Waals surface area contributed by atoms with E-state index < -0.39 is 18.1 Å². The summed E-state index contributed by atoms with van der Waals surface area (Å²) in [6.07, 6.45) is 1.04. The quantitative estimate of drug-likeness (QED) is 0.827. The maximum absolute atomic E-state index is 12.0. The number of amides is 1. The second-order valence-electron chi connectivity index (χ2n) is 4.84. The minimum Gasteiger partial charge on any atom is -0.480 e. The second-order valence-corrected chi connectivity index (χ2v) is 6.13. The van der Waals surface area contributed by atoms with Gasteiger partial charge < -0.3 is 15.2 Å². The smallest absolute Gasteiger partial charge is 0.326 e. The number of hydrogen-bond acceptors (Lipinski definition) is 3. The van der Waals surface area contributed by atoms with Gasteiger partial charge >= 0.3 is 5.97 Å². The molecule has 1 amide bonds. The highest BCUT2D eigenvalue weighted by Crippen LogP contribution is 2.22. The number of carbonyl (C=O) groups is 2. The summed E-state index contributed by atoms with van der Waals surface area (Å²) in [7, 11) is 0. The van der Waals surface area contributed by atoms with Crippen molar-refractivity contribution in [2.24, 2.45) is 0 Å². The molecule has 5 nitrogen and oxygen atoms in total. The van der Waals surface area contributed by atoms with Crippen LogP contribution in [-0.4, -0.2) is 35.7 Å². The Labute approximate surface area is 135 Å². The molecule has 1 heterocycles. The van der Waals surface area contributed by atoms with Crippen LogP contribution in [0.5, 0.6) is 0 Å². The van der Waals surface area contributed by atoms with E-state index in [2.05, 4.69) is 21.2 Å². The van der Waals surface area contributed by atoms with E-state index in [0.29, 0.717) is 18.1 Å². The summed E-state index contributed by atoms with van der Waals surface area (Å²) in [5.74, 6) is -1.47. The number of halogens is 2. The van der Waals surface area contributed by atoms with Gasteiger partial charge in [-0.3, -0.25) is 4.79 Å². The Morgan fingerprint density at radius 3 is 2.90 bits per heavy atom. The summed E-state index contributed by atoms with van der Waals surface area (Å²) >= 11 is 9.27. The van der Waals surface area contributed by atoms with Crippen molar-refractivity contribution in [3.8, 4) is 0 Å². The first-order chi connectivity index (χ1) is 9.97. The number of carboxylic acid groups (broad SMARTS) is 1. The lowest BCUT2D eigenvalue weighted by Crippen LogP contribution is -2.46. The predicted octanol–water partition coefficient (Wildman–Crippen LogP) is 2.39. The van der Waals surface area contributed by atoms with Gasteiger partial charge in [0.1, 0.15) is 12.1 Å². The van der Waals surface area contributed by atoms with E-state index in [9.17, 15) is 14.7 Å². The van der Waals surface area contributed by atoms with Crippen LogP contribution in [0.3, 0.4) is 0 Å². The molecule has 1 aliphatic rings. The van der Waals surface area contributed by atoms with Gasteiger partial charge in [-0.05, 0) is 36.6 Å². The molecule has 1 aromatic carbocycles. The van der Waals surface area contributed by atoms with Crippen molar-refractivity contribution in [3.63, 3.8) is 0 Å². The van der Waals surface area contributed by atoms with Gasteiger partial charge in [0.25, 0.3) is 0 Å². The van der Waals surface area contributed by atoms with Gasteiger partial charge in [-0.15, -0.1) is 0 Å². The first-order valence-corrected chi connectivity index (χ1v) is 7.73. The average molecular weight is 377 g/mol. The number of benzene rings is 1. The van der Waals surface area contributed by atoms with E-state index in [0.717, 1.165) is 16.5 Å². The van der Waals surface area contributed by atoms with Gasteiger partial charge in [0.05, 0.1) is 0 Å². The largest absolute Gasteiger partial charge is 0.480 e. The molecular formula is C14H15BrClNO4. The maximum atomic E-state index is 12.0. The monoisotopic (exact) mass is 375 g/mol. The van der Waals surface area contributed by atoms with Crippen LogP contribution in [0.1, 0.15) is 18.4 Å². The SMILES string of the molecule is O=C(N[C@H](Cc1cc(Cl)ccc1Br)C(=O)O)[C@@H]1CCCO1. The lowest BCUT2D eigenvalue weighted by Gasteiger charge is -2.18. The molecule has 2 rings (SSSR count). The molecule has 0 spiro atoms. The number of carbonyl (C=O) groups excluding carboxylic acids is 1. The number of nitrogens with one attached hydrogen (secondary N) is 1. The third-order valence-electron chi connectivity index (χ3n) is 3.27. The van der Waals surface area contributed by atoms with Crippen molar-refractivity contribution >= 4 is 39.4 Å². The molecule has 0 bridgehead atoms. The Kier molecular flexibility index (Phi) is 5.61. The van der Waals surface area contributed by atoms with E-state index in [-0.39, 0.29) is 12.3 Å². The van der Waals surface area contributed by atoms with Gasteiger partial charge in [-0.25, -0.2) is 4.79 Å². The lowest BCUT2D eigenvalue weighted by atomic mass is 10.1. The molecule has 2 N–H and O–H groups in total. The predicted molar refractivity (Wildman–Crippen MR) is 81.4 cm³/mol. The highest BCUT2D eigenvalue weighted by molar-refractivity contribution is 9.10. The van der Waals surface area contributed by atoms with Gasteiger partial charge in [0.2, 0.25) is 5.91 Å². The molecule has 0 aromatic heterocycles. The zero-order chi connectivity index (χ0) is 15.4. The fourth-order valence-electron chi connectivity index (χ4n) is 2.17. The fourth-order valence-corrected chi connectivity index (χ4v) is 2.77. The molecule has 0 unspecified atom stereocenters. The van der Waals surface area contributed by atoms with Crippen LogP contribution < -0.4 is 5.32 Å². The molecule has 0 radical (unpaired) electrons. The normalized spacial score (nSPS) is 19.2. The van der Waals surface area contributed by atoms with Crippen molar-refractivity contribution in [3.05, 3.63) is 33.3 Å². The fraction of sp³-hybridized carbons (Fsp3) is 0.429. The Bertz CT molecular complexity index is 546. The summed E-state index contributed by atoms with van der Waals surface area (Å²) in [5.41, 5.74) is 0.725. The molecule has 7 heteroatoms. The van der Waals surface area contributed by atoms with Crippen LogP contribution in [0.2, 0.25) is 5.02 Å². The van der Waals surface area contributed by atoms with Gasteiger partial charge in [0.15, 0.2) is 0 Å². The number of ether oxygens (including phenoxy) is 1.